The van der Waals surface area contributed by atoms with Gasteiger partial charge < -0.3 is 10.3 Å². The number of sulfonamides is 1. The molecule has 9 nitrogen and oxygen atoms in total. The predicted octanol–water partition coefficient (Wildman–Crippen LogP) is 2.34. The normalized spacial score (nSPS) is 19.6. The zero-order chi connectivity index (χ0) is 21.1. The summed E-state index contributed by atoms with van der Waals surface area (Å²) in [4.78, 5) is 8.34. The number of aromatic nitrogens is 5. The molecule has 2 atom stereocenters. The molecule has 1 saturated carbocycles. The highest BCUT2D eigenvalue weighted by molar-refractivity contribution is 7.89. The molecule has 1 aliphatic carbocycles. The van der Waals surface area contributed by atoms with Gasteiger partial charge >= 0.3 is 0 Å². The Morgan fingerprint density at radius 1 is 1.13 bits per heavy atom. The second kappa shape index (κ2) is 8.49. The lowest BCUT2D eigenvalue weighted by Crippen LogP contribution is -2.39. The molecule has 0 radical (unpaired) electrons. The molecule has 0 amide bonds. The van der Waals surface area contributed by atoms with E-state index in [1.54, 1.807) is 37.2 Å². The van der Waals surface area contributed by atoms with Crippen LogP contribution in [-0.4, -0.2) is 39.2 Å². The van der Waals surface area contributed by atoms with Crippen LogP contribution in [-0.2, 0) is 16.4 Å². The largest absolute Gasteiger partial charge is 0.368 e. The van der Waals surface area contributed by atoms with E-state index >= 15 is 0 Å². The van der Waals surface area contributed by atoms with E-state index < -0.39 is 10.0 Å². The molecule has 2 unspecified atom stereocenters. The Morgan fingerprint density at radius 3 is 2.57 bits per heavy atom. The van der Waals surface area contributed by atoms with Gasteiger partial charge in [-0.15, -0.1) is 10.2 Å². The van der Waals surface area contributed by atoms with E-state index in [4.69, 9.17) is 5.73 Å². The van der Waals surface area contributed by atoms with Gasteiger partial charge in [-0.2, -0.15) is 0 Å². The van der Waals surface area contributed by atoms with Gasteiger partial charge in [-0.25, -0.2) is 23.1 Å². The van der Waals surface area contributed by atoms with Gasteiger partial charge in [0.2, 0.25) is 16.0 Å². The van der Waals surface area contributed by atoms with Crippen molar-refractivity contribution in [2.45, 2.75) is 56.0 Å². The van der Waals surface area contributed by atoms with Crippen molar-refractivity contribution in [3.63, 3.8) is 0 Å². The van der Waals surface area contributed by atoms with Crippen LogP contribution >= 0.6 is 0 Å². The highest BCUT2D eigenvalue weighted by atomic mass is 32.2. The molecule has 10 heteroatoms. The van der Waals surface area contributed by atoms with Crippen LogP contribution < -0.4 is 10.5 Å². The van der Waals surface area contributed by atoms with Crippen molar-refractivity contribution >= 4 is 16.0 Å². The molecule has 1 aliphatic rings. The zero-order valence-corrected chi connectivity index (χ0v) is 17.6. The van der Waals surface area contributed by atoms with Crippen LogP contribution in [0.25, 0.3) is 11.1 Å². The van der Waals surface area contributed by atoms with Gasteiger partial charge in [0.25, 0.3) is 0 Å². The van der Waals surface area contributed by atoms with Crippen molar-refractivity contribution in [2.24, 2.45) is 0 Å². The molecule has 2 heterocycles. The molecular weight excluding hydrogens is 402 g/mol. The number of hydrogen-bond donors (Lipinski definition) is 2. The summed E-state index contributed by atoms with van der Waals surface area (Å²) in [5.41, 5.74) is 7.96. The summed E-state index contributed by atoms with van der Waals surface area (Å²) in [6.07, 6.45) is 10.7. The van der Waals surface area contributed by atoms with E-state index in [2.05, 4.69) is 24.9 Å². The number of hydrogen-bond acceptors (Lipinski definition) is 7. The second-order valence-corrected chi connectivity index (χ2v) is 9.24. The first-order valence-corrected chi connectivity index (χ1v) is 11.5. The highest BCUT2D eigenvalue weighted by Crippen LogP contribution is 2.30. The van der Waals surface area contributed by atoms with Gasteiger partial charge in [-0.3, -0.25) is 0 Å². The van der Waals surface area contributed by atoms with Crippen LogP contribution in [0.2, 0.25) is 0 Å². The van der Waals surface area contributed by atoms with Gasteiger partial charge in [-0.05, 0) is 55.4 Å². The molecule has 0 bridgehead atoms. The van der Waals surface area contributed by atoms with Crippen molar-refractivity contribution in [2.75, 3.05) is 5.73 Å². The van der Waals surface area contributed by atoms with Crippen molar-refractivity contribution in [1.82, 2.24) is 29.5 Å². The first kappa shape index (κ1) is 20.4. The molecule has 0 aliphatic heterocycles. The number of rotatable bonds is 6. The first-order chi connectivity index (χ1) is 14.5. The van der Waals surface area contributed by atoms with Crippen molar-refractivity contribution in [3.05, 3.63) is 48.8 Å². The summed E-state index contributed by atoms with van der Waals surface area (Å²) in [5, 5.41) is 7.73. The minimum Gasteiger partial charge on any atom is -0.368 e. The van der Waals surface area contributed by atoms with Gasteiger partial charge in [0, 0.05) is 30.0 Å². The molecule has 1 aromatic carbocycles. The number of aryl methyl sites for hydroxylation is 1. The molecule has 0 saturated heterocycles. The SMILES string of the molecule is CCc1cc(-c2cnc(N)nc2)ccc1S(=O)(=O)NC1CCCC(n2cnnc2)C1. The fourth-order valence-corrected chi connectivity index (χ4v) is 5.58. The number of nitrogens with one attached hydrogen (secondary N) is 1. The molecule has 30 heavy (non-hydrogen) atoms. The molecule has 1 fully saturated rings. The molecule has 2 aromatic heterocycles. The van der Waals surface area contributed by atoms with Crippen molar-refractivity contribution in [3.8, 4) is 11.1 Å². The predicted molar refractivity (Wildman–Crippen MR) is 113 cm³/mol. The number of anilines is 1. The Balaban J connectivity index is 1.55. The monoisotopic (exact) mass is 427 g/mol. The third kappa shape index (κ3) is 4.34. The van der Waals surface area contributed by atoms with E-state index in [0.717, 1.165) is 42.4 Å². The van der Waals surface area contributed by atoms with Gasteiger partial charge in [0.05, 0.1) is 4.90 Å². The maximum atomic E-state index is 13.2. The van der Waals surface area contributed by atoms with Crippen LogP contribution in [0.1, 0.15) is 44.2 Å². The van der Waals surface area contributed by atoms with Crippen LogP contribution in [0.4, 0.5) is 5.95 Å². The quantitative estimate of drug-likeness (QED) is 0.618. The van der Waals surface area contributed by atoms with E-state index in [-0.39, 0.29) is 18.0 Å². The summed E-state index contributed by atoms with van der Waals surface area (Å²) in [5.74, 6) is 0.204. The molecule has 4 rings (SSSR count). The number of benzene rings is 1. The zero-order valence-electron chi connectivity index (χ0n) is 16.8. The average Bonchev–Trinajstić information content (AvgIpc) is 3.29. The third-order valence-electron chi connectivity index (χ3n) is 5.56. The van der Waals surface area contributed by atoms with Gasteiger partial charge in [-0.1, -0.05) is 13.0 Å². The summed E-state index contributed by atoms with van der Waals surface area (Å²) >= 11 is 0. The Hall–Kier alpha value is -2.85. The van der Waals surface area contributed by atoms with E-state index in [9.17, 15) is 8.42 Å². The Morgan fingerprint density at radius 2 is 1.87 bits per heavy atom. The highest BCUT2D eigenvalue weighted by Gasteiger charge is 2.28. The Kier molecular flexibility index (Phi) is 5.78. The summed E-state index contributed by atoms with van der Waals surface area (Å²) < 4.78 is 31.2. The van der Waals surface area contributed by atoms with Crippen LogP contribution in [0.3, 0.4) is 0 Å². The second-order valence-electron chi connectivity index (χ2n) is 7.55. The lowest BCUT2D eigenvalue weighted by molar-refractivity contribution is 0.305. The standard InChI is InChI=1S/C20H25N7O2S/c1-2-14-8-15(16-10-22-20(21)23-11-16)6-7-19(14)30(28,29)26-17-4-3-5-18(9-17)27-12-24-25-13-27/h6-8,10-13,17-18,26H,2-5,9H2,1H3,(H2,21,22,23). The molecule has 0 spiro atoms. The minimum atomic E-state index is -3.64. The van der Waals surface area contributed by atoms with Crippen LogP contribution in [0.5, 0.6) is 0 Å². The van der Waals surface area contributed by atoms with E-state index in [1.165, 1.54) is 0 Å². The summed E-state index contributed by atoms with van der Waals surface area (Å²) in [6.45, 7) is 1.94. The fraction of sp³-hybridized carbons (Fsp3) is 0.400. The Bertz CT molecular complexity index is 1100. The maximum Gasteiger partial charge on any atom is 0.241 e. The molecule has 3 N–H and O–H groups in total. The number of nitrogens with zero attached hydrogens (tertiary/aromatic N) is 5. The van der Waals surface area contributed by atoms with Crippen molar-refractivity contribution in [1.29, 1.82) is 0 Å². The van der Waals surface area contributed by atoms with E-state index in [1.807, 2.05) is 17.6 Å². The number of nitrogens with two attached hydrogens (primary N) is 1. The lowest BCUT2D eigenvalue weighted by atomic mass is 9.91. The smallest absolute Gasteiger partial charge is 0.241 e. The third-order valence-corrected chi connectivity index (χ3v) is 7.18. The first-order valence-electron chi connectivity index (χ1n) is 10.0. The van der Waals surface area contributed by atoms with Gasteiger partial charge in [0.1, 0.15) is 12.7 Å². The minimum absolute atomic E-state index is 0.119. The van der Waals surface area contributed by atoms with Gasteiger partial charge in [0.15, 0.2) is 0 Å². The fourth-order valence-electron chi connectivity index (χ4n) is 4.01. The lowest BCUT2D eigenvalue weighted by Gasteiger charge is -2.30. The molecule has 3 aromatic rings. The van der Waals surface area contributed by atoms with E-state index in [0.29, 0.717) is 11.3 Å². The molecular formula is C20H25N7O2S. The Labute approximate surface area is 175 Å². The number of nitrogen functional groups attached to an aromatic ring is 1. The average molecular weight is 428 g/mol. The molecule has 158 valence electrons. The maximum absolute atomic E-state index is 13.2. The van der Waals surface area contributed by atoms with Crippen molar-refractivity contribution < 1.29 is 8.42 Å². The van der Waals surface area contributed by atoms with Crippen LogP contribution in [0, 0.1) is 0 Å². The summed E-state index contributed by atoms with van der Waals surface area (Å²) in [6, 6.07) is 5.41. The summed E-state index contributed by atoms with van der Waals surface area (Å²) in [7, 11) is -3.64. The topological polar surface area (TPSA) is 129 Å². The van der Waals surface area contributed by atoms with Crippen LogP contribution in [0.15, 0.2) is 48.1 Å².